The highest BCUT2D eigenvalue weighted by Gasteiger charge is 2.30. The van der Waals surface area contributed by atoms with Gasteiger partial charge < -0.3 is 24.5 Å². The smallest absolute Gasteiger partial charge is 0.254 e. The summed E-state index contributed by atoms with van der Waals surface area (Å²) in [6.45, 7) is 1.44. The number of carbonyl (C=O) groups is 1. The third-order valence-corrected chi connectivity index (χ3v) is 9.80. The van der Waals surface area contributed by atoms with Crippen molar-refractivity contribution in [1.29, 1.82) is 5.26 Å². The Labute approximate surface area is 283 Å². The largest absolute Gasteiger partial charge is 0.494 e. The number of aryl methyl sites for hydroxylation is 2. The van der Waals surface area contributed by atoms with E-state index in [0.29, 0.717) is 34.8 Å². The molecule has 2 aliphatic heterocycles. The van der Waals surface area contributed by atoms with Gasteiger partial charge in [0.25, 0.3) is 5.91 Å². The molecule has 2 atom stereocenters. The second-order valence-corrected chi connectivity index (χ2v) is 13.1. The van der Waals surface area contributed by atoms with Gasteiger partial charge in [-0.3, -0.25) is 9.78 Å². The molecule has 0 radical (unpaired) electrons. The topological polar surface area (TPSA) is 115 Å². The average molecular weight is 654 g/mol. The highest BCUT2D eigenvalue weighted by Crippen LogP contribution is 2.37. The van der Waals surface area contributed by atoms with Gasteiger partial charge in [0.05, 0.1) is 48.2 Å². The van der Waals surface area contributed by atoms with Gasteiger partial charge in [0.15, 0.2) is 5.82 Å². The molecule has 1 fully saturated rings. The molecule has 49 heavy (non-hydrogen) atoms. The van der Waals surface area contributed by atoms with E-state index in [1.54, 1.807) is 25.4 Å². The minimum atomic E-state index is -1.17. The van der Waals surface area contributed by atoms with Crippen LogP contribution in [0.1, 0.15) is 46.3 Å². The molecule has 2 N–H and O–H groups in total. The van der Waals surface area contributed by atoms with Crippen LogP contribution in [0.4, 0.5) is 4.39 Å². The van der Waals surface area contributed by atoms with Crippen LogP contribution in [0.15, 0.2) is 79.1 Å². The second-order valence-electron chi connectivity index (χ2n) is 13.1. The molecule has 0 saturated carbocycles. The highest BCUT2D eigenvalue weighted by atomic mass is 19.1. The van der Waals surface area contributed by atoms with Crippen LogP contribution in [0.2, 0.25) is 0 Å². The van der Waals surface area contributed by atoms with Crippen molar-refractivity contribution < 1.29 is 13.9 Å². The number of carbonyl (C=O) groups excluding carboxylic acids is 1. The zero-order chi connectivity index (χ0) is 33.6. The lowest BCUT2D eigenvalue weighted by molar-refractivity contribution is 0.0606. The number of imidazole rings is 1. The molecule has 3 aromatic carbocycles. The molecule has 10 heteroatoms. The van der Waals surface area contributed by atoms with E-state index in [4.69, 9.17) is 15.5 Å². The van der Waals surface area contributed by atoms with Crippen LogP contribution in [0.25, 0.3) is 44.6 Å². The monoisotopic (exact) mass is 653 g/mol. The van der Waals surface area contributed by atoms with Crippen molar-refractivity contribution in [1.82, 2.24) is 24.0 Å². The molecule has 1 saturated heterocycles. The number of nitrogens with two attached hydrogens (primary N) is 1. The van der Waals surface area contributed by atoms with E-state index in [9.17, 15) is 14.4 Å². The predicted molar refractivity (Wildman–Crippen MR) is 187 cm³/mol. The van der Waals surface area contributed by atoms with Crippen LogP contribution in [-0.4, -0.2) is 62.3 Å². The summed E-state index contributed by atoms with van der Waals surface area (Å²) >= 11 is 0. The average Bonchev–Trinajstić information content (AvgIpc) is 3.66. The van der Waals surface area contributed by atoms with Crippen molar-refractivity contribution in [3.05, 3.63) is 101 Å². The number of fused-ring (bicyclic) bond motifs is 11. The standard InChI is InChI=1S/C39H36FN7O2/c1-49-36-17-29(39(48)45-22-30(40)18-31(42)23-45)15-33-37(36)47-21-25-12-24(19-41)13-28(14-25)32-8-3-2-6-26(32)7-4-5-11-46-34(38(47)44-33)16-27-9-10-43-20-35(27)46/h2-3,6,8-10,12-17,20,30-31H,4-5,7,11,18,21-23,42H2,1H3/t30-,31-/m1/s1. The minimum absolute atomic E-state index is 0.00140. The van der Waals surface area contributed by atoms with Gasteiger partial charge in [-0.05, 0) is 90.4 Å². The van der Waals surface area contributed by atoms with Crippen LogP contribution in [0, 0.1) is 11.3 Å². The minimum Gasteiger partial charge on any atom is -0.494 e. The van der Waals surface area contributed by atoms with Crippen molar-refractivity contribution in [3.8, 4) is 34.5 Å². The number of amides is 1. The molecular weight excluding hydrogens is 617 g/mol. The molecule has 0 spiro atoms. The molecule has 2 aliphatic rings. The number of nitrogens with zero attached hydrogens (tertiary/aromatic N) is 6. The lowest BCUT2D eigenvalue weighted by Gasteiger charge is -2.33. The Morgan fingerprint density at radius 1 is 1.06 bits per heavy atom. The number of ether oxygens (including phenoxy) is 1. The first-order valence-corrected chi connectivity index (χ1v) is 16.7. The van der Waals surface area contributed by atoms with Crippen LogP contribution in [0.5, 0.6) is 5.75 Å². The maximum absolute atomic E-state index is 14.5. The fourth-order valence-corrected chi connectivity index (χ4v) is 7.60. The molecule has 1 amide bonds. The molecule has 246 valence electrons. The Morgan fingerprint density at radius 3 is 2.78 bits per heavy atom. The number of hydrogen-bond acceptors (Lipinski definition) is 6. The summed E-state index contributed by atoms with van der Waals surface area (Å²) in [5.41, 5.74) is 14.6. The van der Waals surface area contributed by atoms with Gasteiger partial charge in [-0.25, -0.2) is 9.37 Å². The van der Waals surface area contributed by atoms with E-state index < -0.39 is 12.2 Å². The maximum Gasteiger partial charge on any atom is 0.254 e. The number of likely N-dealkylation sites (tertiary alicyclic amines) is 1. The maximum atomic E-state index is 14.5. The van der Waals surface area contributed by atoms with Crippen molar-refractivity contribution in [2.24, 2.45) is 5.73 Å². The summed E-state index contributed by atoms with van der Waals surface area (Å²) in [4.78, 5) is 24.9. The van der Waals surface area contributed by atoms with E-state index in [2.05, 4.69) is 50.5 Å². The molecular formula is C39H36FN7O2. The lowest BCUT2D eigenvalue weighted by atomic mass is 9.93. The fourth-order valence-electron chi connectivity index (χ4n) is 7.60. The summed E-state index contributed by atoms with van der Waals surface area (Å²) in [5, 5.41) is 11.2. The highest BCUT2D eigenvalue weighted by molar-refractivity contribution is 6.00. The summed E-state index contributed by atoms with van der Waals surface area (Å²) in [7, 11) is 1.58. The Morgan fingerprint density at radius 2 is 1.94 bits per heavy atom. The molecule has 9 nitrogen and oxygen atoms in total. The van der Waals surface area contributed by atoms with Crippen LogP contribution in [-0.2, 0) is 19.5 Å². The first kappa shape index (κ1) is 30.8. The molecule has 5 heterocycles. The van der Waals surface area contributed by atoms with E-state index >= 15 is 0 Å². The van der Waals surface area contributed by atoms with Crippen molar-refractivity contribution in [2.45, 2.75) is 51.0 Å². The van der Waals surface area contributed by atoms with E-state index in [1.165, 1.54) is 10.5 Å². The summed E-state index contributed by atoms with van der Waals surface area (Å²) < 4.78 is 24.9. The van der Waals surface area contributed by atoms with Crippen LogP contribution < -0.4 is 10.5 Å². The number of alkyl halides is 1. The fraction of sp³-hybridized carbons (Fsp3) is 0.282. The number of nitriles is 1. The Bertz CT molecular complexity index is 2270. The van der Waals surface area contributed by atoms with Gasteiger partial charge in [0.2, 0.25) is 0 Å². The quantitative estimate of drug-likeness (QED) is 0.228. The Hall–Kier alpha value is -5.53. The summed E-state index contributed by atoms with van der Waals surface area (Å²) in [5.74, 6) is 0.877. The van der Waals surface area contributed by atoms with Crippen molar-refractivity contribution in [3.63, 3.8) is 0 Å². The third kappa shape index (κ3) is 5.60. The van der Waals surface area contributed by atoms with Gasteiger partial charge in [0.1, 0.15) is 17.4 Å². The van der Waals surface area contributed by atoms with Gasteiger partial charge in [0, 0.05) is 42.8 Å². The molecule has 8 rings (SSSR count). The van der Waals surface area contributed by atoms with Gasteiger partial charge in [-0.2, -0.15) is 5.26 Å². The van der Waals surface area contributed by atoms with E-state index in [-0.39, 0.29) is 25.4 Å². The number of hydrogen-bond donors (Lipinski definition) is 1. The summed E-state index contributed by atoms with van der Waals surface area (Å²) in [6.07, 6.45) is 5.57. The Balaban J connectivity index is 1.36. The van der Waals surface area contributed by atoms with Crippen molar-refractivity contribution >= 4 is 27.8 Å². The zero-order valence-corrected chi connectivity index (χ0v) is 27.3. The first-order valence-electron chi connectivity index (χ1n) is 16.7. The molecule has 6 aromatic rings. The second kappa shape index (κ2) is 12.5. The van der Waals surface area contributed by atoms with Crippen LogP contribution in [0.3, 0.4) is 0 Å². The molecule has 0 unspecified atom stereocenters. The van der Waals surface area contributed by atoms with E-state index in [0.717, 1.165) is 64.6 Å². The predicted octanol–water partition coefficient (Wildman–Crippen LogP) is 6.50. The third-order valence-electron chi connectivity index (χ3n) is 9.80. The van der Waals surface area contributed by atoms with Gasteiger partial charge in [-0.1, -0.05) is 24.3 Å². The number of halogens is 1. The normalized spacial score (nSPS) is 17.9. The first-order chi connectivity index (χ1) is 23.9. The number of rotatable bonds is 2. The SMILES string of the molecule is COc1cc(C(=O)N2C[C@H](N)C[C@@H](F)C2)cc2nc3n(c12)Cc1cc(C#N)cc(c1)-c1ccccc1CCCCn1c-3cc2ccncc21. The lowest BCUT2D eigenvalue weighted by Crippen LogP contribution is -2.50. The molecule has 3 aromatic heterocycles. The van der Waals surface area contributed by atoms with Crippen molar-refractivity contribution in [2.75, 3.05) is 20.2 Å². The number of piperidine rings is 1. The molecule has 0 aliphatic carbocycles. The number of methoxy groups -OCH3 is 1. The summed E-state index contributed by atoms with van der Waals surface area (Å²) in [6, 6.07) is 24.0. The van der Waals surface area contributed by atoms with Crippen LogP contribution >= 0.6 is 0 Å². The van der Waals surface area contributed by atoms with Gasteiger partial charge >= 0.3 is 0 Å². The number of benzene rings is 3. The van der Waals surface area contributed by atoms with Gasteiger partial charge in [-0.15, -0.1) is 0 Å². The number of pyridine rings is 1. The Kier molecular flexibility index (Phi) is 7.85. The molecule has 2 bridgehead atoms. The number of aromatic nitrogens is 4. The van der Waals surface area contributed by atoms with E-state index in [1.807, 2.05) is 30.5 Å². The zero-order valence-electron chi connectivity index (χ0n) is 27.3.